The molecule has 4 heteroatoms. The summed E-state index contributed by atoms with van der Waals surface area (Å²) in [6.07, 6.45) is 4.78. The first-order chi connectivity index (χ1) is 7.31. The molecule has 1 amide bonds. The van der Waals surface area contributed by atoms with Gasteiger partial charge in [0, 0.05) is 23.2 Å². The molecule has 1 heterocycles. The predicted molar refractivity (Wildman–Crippen MR) is 57.3 cm³/mol. The Morgan fingerprint density at radius 2 is 2.27 bits per heavy atom. The second-order valence-electron chi connectivity index (χ2n) is 3.10. The first-order valence-corrected chi connectivity index (χ1v) is 4.49. The third kappa shape index (κ3) is 1.89. The lowest BCUT2D eigenvalue weighted by Gasteiger charge is -1.96. The van der Waals surface area contributed by atoms with Gasteiger partial charge in [-0.1, -0.05) is 12.1 Å². The highest BCUT2D eigenvalue weighted by Gasteiger charge is 1.98. The highest BCUT2D eigenvalue weighted by atomic mass is 16.5. The molecule has 2 rings (SSSR count). The van der Waals surface area contributed by atoms with Crippen LogP contribution in [0.3, 0.4) is 0 Å². The van der Waals surface area contributed by atoms with Gasteiger partial charge in [-0.3, -0.25) is 10.0 Å². The summed E-state index contributed by atoms with van der Waals surface area (Å²) in [6, 6.07) is 7.69. The van der Waals surface area contributed by atoms with Crippen LogP contribution < -0.4 is 5.48 Å². The quantitative estimate of drug-likeness (QED) is 0.394. The molecule has 0 fully saturated rings. The summed E-state index contributed by atoms with van der Waals surface area (Å²) < 4.78 is 0. The highest BCUT2D eigenvalue weighted by Crippen LogP contribution is 2.18. The molecule has 0 aliphatic carbocycles. The van der Waals surface area contributed by atoms with E-state index in [2.05, 4.69) is 4.98 Å². The molecule has 76 valence electrons. The smallest absolute Gasteiger partial charge is 0.267 e. The third-order valence-electron chi connectivity index (χ3n) is 2.15. The van der Waals surface area contributed by atoms with Crippen molar-refractivity contribution >= 4 is 22.9 Å². The topological polar surface area (TPSA) is 65.1 Å². The average Bonchev–Trinajstić information content (AvgIpc) is 2.74. The Morgan fingerprint density at radius 3 is 3.07 bits per heavy atom. The van der Waals surface area contributed by atoms with Crippen LogP contribution in [-0.2, 0) is 4.79 Å². The highest BCUT2D eigenvalue weighted by molar-refractivity contribution is 5.95. The van der Waals surface area contributed by atoms with E-state index < -0.39 is 5.91 Å². The van der Waals surface area contributed by atoms with E-state index in [1.54, 1.807) is 11.6 Å². The maximum atomic E-state index is 10.8. The largest absolute Gasteiger partial charge is 0.361 e. The van der Waals surface area contributed by atoms with Gasteiger partial charge < -0.3 is 4.98 Å². The minimum atomic E-state index is -0.539. The van der Waals surface area contributed by atoms with Gasteiger partial charge in [0.15, 0.2) is 0 Å². The molecule has 0 radical (unpaired) electrons. The lowest BCUT2D eigenvalue weighted by Crippen LogP contribution is -2.14. The van der Waals surface area contributed by atoms with Gasteiger partial charge in [-0.2, -0.15) is 0 Å². The van der Waals surface area contributed by atoms with E-state index in [0.717, 1.165) is 16.5 Å². The number of benzene rings is 1. The maximum absolute atomic E-state index is 10.8. The fourth-order valence-corrected chi connectivity index (χ4v) is 1.46. The number of aromatic amines is 1. The summed E-state index contributed by atoms with van der Waals surface area (Å²) in [5.41, 5.74) is 3.49. The molecule has 1 aromatic carbocycles. The Hall–Kier alpha value is -2.07. The van der Waals surface area contributed by atoms with Crippen molar-refractivity contribution in [1.82, 2.24) is 10.5 Å². The summed E-state index contributed by atoms with van der Waals surface area (Å²) in [7, 11) is 0. The van der Waals surface area contributed by atoms with E-state index in [0.29, 0.717) is 0 Å². The molecule has 2 aromatic rings. The normalized spacial score (nSPS) is 11.0. The first-order valence-electron chi connectivity index (χ1n) is 4.49. The van der Waals surface area contributed by atoms with Crippen LogP contribution in [0, 0.1) is 0 Å². The Morgan fingerprint density at radius 1 is 1.40 bits per heavy atom. The first kappa shape index (κ1) is 9.48. The number of fused-ring (bicyclic) bond motifs is 1. The summed E-state index contributed by atoms with van der Waals surface area (Å²) in [5.74, 6) is -0.539. The van der Waals surface area contributed by atoms with E-state index in [1.807, 2.05) is 30.5 Å². The van der Waals surface area contributed by atoms with E-state index in [4.69, 9.17) is 5.21 Å². The van der Waals surface area contributed by atoms with E-state index >= 15 is 0 Å². The van der Waals surface area contributed by atoms with Crippen molar-refractivity contribution in [3.8, 4) is 0 Å². The molecule has 0 saturated heterocycles. The van der Waals surface area contributed by atoms with Gasteiger partial charge in [-0.15, -0.1) is 0 Å². The number of hydroxylamine groups is 1. The van der Waals surface area contributed by atoms with E-state index in [-0.39, 0.29) is 0 Å². The Bertz CT molecular complexity index is 514. The van der Waals surface area contributed by atoms with Gasteiger partial charge in [0.1, 0.15) is 0 Å². The number of hydrogen-bond donors (Lipinski definition) is 3. The molecule has 0 spiro atoms. The number of carbonyl (C=O) groups excluding carboxylic acids is 1. The number of carbonyl (C=O) groups is 1. The maximum Gasteiger partial charge on any atom is 0.267 e. The zero-order chi connectivity index (χ0) is 10.7. The van der Waals surface area contributed by atoms with Crippen LogP contribution in [0.4, 0.5) is 0 Å². The van der Waals surface area contributed by atoms with Gasteiger partial charge >= 0.3 is 0 Å². The second-order valence-corrected chi connectivity index (χ2v) is 3.10. The van der Waals surface area contributed by atoms with Crippen LogP contribution in [0.15, 0.2) is 36.5 Å². The predicted octanol–water partition coefficient (Wildman–Crippen LogP) is 1.69. The molecule has 1 aromatic heterocycles. The van der Waals surface area contributed by atoms with Crippen molar-refractivity contribution in [1.29, 1.82) is 0 Å². The molecule has 4 nitrogen and oxygen atoms in total. The monoisotopic (exact) mass is 202 g/mol. The fourth-order valence-electron chi connectivity index (χ4n) is 1.46. The summed E-state index contributed by atoms with van der Waals surface area (Å²) >= 11 is 0. The van der Waals surface area contributed by atoms with Crippen LogP contribution in [0.5, 0.6) is 0 Å². The van der Waals surface area contributed by atoms with Crippen LogP contribution in [-0.4, -0.2) is 16.1 Å². The number of H-pyrrole nitrogens is 1. The molecule has 3 N–H and O–H groups in total. The van der Waals surface area contributed by atoms with Gasteiger partial charge in [-0.25, -0.2) is 5.48 Å². The third-order valence-corrected chi connectivity index (χ3v) is 2.15. The van der Waals surface area contributed by atoms with Crippen LogP contribution in [0.2, 0.25) is 0 Å². The van der Waals surface area contributed by atoms with E-state index in [1.165, 1.54) is 6.08 Å². The van der Waals surface area contributed by atoms with Crippen LogP contribution in [0.1, 0.15) is 5.56 Å². The van der Waals surface area contributed by atoms with Gasteiger partial charge in [-0.05, 0) is 23.8 Å². The molecular formula is C11H10N2O2. The molecule has 15 heavy (non-hydrogen) atoms. The lowest BCUT2D eigenvalue weighted by atomic mass is 10.1. The van der Waals surface area contributed by atoms with Gasteiger partial charge in [0.05, 0.1) is 0 Å². The fraction of sp³-hybridized carbons (Fsp3) is 0. The average molecular weight is 202 g/mol. The second kappa shape index (κ2) is 3.98. The molecule has 0 aliphatic heterocycles. The Kier molecular flexibility index (Phi) is 2.51. The molecule has 0 bridgehead atoms. The Labute approximate surface area is 86.2 Å². The van der Waals surface area contributed by atoms with Crippen LogP contribution in [0.25, 0.3) is 17.0 Å². The number of rotatable bonds is 2. The summed E-state index contributed by atoms with van der Waals surface area (Å²) in [6.45, 7) is 0. The molecular weight excluding hydrogens is 192 g/mol. The van der Waals surface area contributed by atoms with Crippen molar-refractivity contribution in [2.45, 2.75) is 0 Å². The summed E-state index contributed by atoms with van der Waals surface area (Å²) in [4.78, 5) is 13.9. The van der Waals surface area contributed by atoms with E-state index in [9.17, 15) is 4.79 Å². The zero-order valence-electron chi connectivity index (χ0n) is 7.90. The molecule has 0 saturated carbocycles. The van der Waals surface area contributed by atoms with Crippen molar-refractivity contribution in [3.63, 3.8) is 0 Å². The molecule has 0 aliphatic rings. The number of hydrogen-bond acceptors (Lipinski definition) is 2. The van der Waals surface area contributed by atoms with Crippen molar-refractivity contribution < 1.29 is 10.0 Å². The zero-order valence-corrected chi connectivity index (χ0v) is 7.90. The standard InChI is InChI=1S/C11H10N2O2/c14-11(13-15)5-4-8-2-1-3-10-9(8)6-7-12-10/h1-7,12,15H,(H,13,14)/b5-4-. The lowest BCUT2D eigenvalue weighted by molar-refractivity contribution is -0.124. The van der Waals surface area contributed by atoms with Crippen LogP contribution >= 0.6 is 0 Å². The van der Waals surface area contributed by atoms with Gasteiger partial charge in [0.25, 0.3) is 5.91 Å². The SMILES string of the molecule is O=C(/C=C\c1cccc2[nH]ccc12)NO. The number of nitrogens with one attached hydrogen (secondary N) is 2. The number of amides is 1. The minimum absolute atomic E-state index is 0.539. The molecule has 0 unspecified atom stereocenters. The summed E-state index contributed by atoms with van der Waals surface area (Å²) in [5, 5.41) is 9.37. The van der Waals surface area contributed by atoms with Crippen molar-refractivity contribution in [3.05, 3.63) is 42.1 Å². The molecule has 0 atom stereocenters. The van der Waals surface area contributed by atoms with Gasteiger partial charge in [0.2, 0.25) is 0 Å². The van der Waals surface area contributed by atoms with Crippen molar-refractivity contribution in [2.75, 3.05) is 0 Å². The Balaban J connectivity index is 2.39. The number of aromatic nitrogens is 1. The minimum Gasteiger partial charge on any atom is -0.361 e. The van der Waals surface area contributed by atoms with Crippen molar-refractivity contribution in [2.24, 2.45) is 0 Å².